The zero-order chi connectivity index (χ0) is 13.3. The molecule has 5 heteroatoms. The zero-order valence-corrected chi connectivity index (χ0v) is 11.4. The van der Waals surface area contributed by atoms with Gasteiger partial charge in [0.05, 0.1) is 10.7 Å². The molecule has 0 fully saturated rings. The third kappa shape index (κ3) is 2.47. The molecule has 0 bridgehead atoms. The van der Waals surface area contributed by atoms with Crippen molar-refractivity contribution in [3.05, 3.63) is 46.1 Å². The minimum Gasteiger partial charge on any atom is -0.236 e. The van der Waals surface area contributed by atoms with E-state index in [9.17, 15) is 4.39 Å². The van der Waals surface area contributed by atoms with Crippen molar-refractivity contribution in [1.82, 2.24) is 9.97 Å². The van der Waals surface area contributed by atoms with Gasteiger partial charge in [0.2, 0.25) is 0 Å². The first-order chi connectivity index (χ1) is 8.50. The van der Waals surface area contributed by atoms with Crippen LogP contribution in [-0.4, -0.2) is 9.97 Å². The van der Waals surface area contributed by atoms with Crippen molar-refractivity contribution in [2.45, 2.75) is 19.8 Å². The van der Waals surface area contributed by atoms with Crippen LogP contribution < -0.4 is 0 Å². The van der Waals surface area contributed by atoms with Crippen molar-refractivity contribution in [3.63, 3.8) is 0 Å². The maximum absolute atomic E-state index is 13.3. The Bertz CT molecular complexity index is 585. The molecule has 18 heavy (non-hydrogen) atoms. The number of aromatic nitrogens is 2. The van der Waals surface area contributed by atoms with Crippen LogP contribution in [0, 0.1) is 5.82 Å². The summed E-state index contributed by atoms with van der Waals surface area (Å²) < 4.78 is 13.3. The van der Waals surface area contributed by atoms with Crippen LogP contribution in [0.1, 0.15) is 25.3 Å². The van der Waals surface area contributed by atoms with E-state index in [-0.39, 0.29) is 11.7 Å². The monoisotopic (exact) mass is 284 g/mol. The second-order valence-electron chi connectivity index (χ2n) is 4.21. The van der Waals surface area contributed by atoms with Gasteiger partial charge in [-0.2, -0.15) is 0 Å². The predicted octanol–water partition coefficient (Wildman–Crippen LogP) is 4.71. The summed E-state index contributed by atoms with van der Waals surface area (Å²) in [6.45, 7) is 3.95. The number of hydrogen-bond acceptors (Lipinski definition) is 2. The molecular formula is C13H11Cl2FN2. The fraction of sp³-hybridized carbons (Fsp3) is 0.231. The minimum absolute atomic E-state index is 0.119. The standard InChI is InChI=1S/C13H11Cl2FN2/c1-7(2)11-12(17-6-18-13(11)15)9-5-8(16)3-4-10(9)14/h3-7H,1-2H3. The summed E-state index contributed by atoms with van der Waals surface area (Å²) in [5.41, 5.74) is 1.88. The first-order valence-corrected chi connectivity index (χ1v) is 6.22. The van der Waals surface area contributed by atoms with Gasteiger partial charge in [-0.15, -0.1) is 0 Å². The van der Waals surface area contributed by atoms with Crippen molar-refractivity contribution < 1.29 is 4.39 Å². The first-order valence-electron chi connectivity index (χ1n) is 5.46. The molecule has 0 spiro atoms. The second-order valence-corrected chi connectivity index (χ2v) is 4.97. The Hall–Kier alpha value is -1.19. The Morgan fingerprint density at radius 1 is 1.17 bits per heavy atom. The molecule has 0 amide bonds. The molecule has 0 N–H and O–H groups in total. The van der Waals surface area contributed by atoms with Gasteiger partial charge in [-0.3, -0.25) is 0 Å². The van der Waals surface area contributed by atoms with Crippen LogP contribution >= 0.6 is 23.2 Å². The van der Waals surface area contributed by atoms with E-state index in [4.69, 9.17) is 23.2 Å². The molecule has 2 aromatic rings. The smallest absolute Gasteiger partial charge is 0.136 e. The lowest BCUT2D eigenvalue weighted by atomic mass is 9.98. The van der Waals surface area contributed by atoms with Gasteiger partial charge < -0.3 is 0 Å². The lowest BCUT2D eigenvalue weighted by molar-refractivity contribution is 0.628. The van der Waals surface area contributed by atoms with Gasteiger partial charge in [0.25, 0.3) is 0 Å². The van der Waals surface area contributed by atoms with Crippen LogP contribution in [0.15, 0.2) is 24.5 Å². The lowest BCUT2D eigenvalue weighted by Gasteiger charge is -2.13. The Morgan fingerprint density at radius 2 is 1.89 bits per heavy atom. The number of hydrogen-bond donors (Lipinski definition) is 0. The maximum Gasteiger partial charge on any atom is 0.136 e. The van der Waals surface area contributed by atoms with Crippen molar-refractivity contribution in [2.24, 2.45) is 0 Å². The highest BCUT2D eigenvalue weighted by molar-refractivity contribution is 6.33. The van der Waals surface area contributed by atoms with Gasteiger partial charge >= 0.3 is 0 Å². The summed E-state index contributed by atoms with van der Waals surface area (Å²) in [6, 6.07) is 4.17. The third-order valence-corrected chi connectivity index (χ3v) is 3.23. The molecule has 0 aliphatic heterocycles. The molecule has 1 aromatic heterocycles. The van der Waals surface area contributed by atoms with Crippen LogP contribution in [0.3, 0.4) is 0 Å². The lowest BCUT2D eigenvalue weighted by Crippen LogP contribution is -1.99. The normalized spacial score (nSPS) is 11.0. The highest BCUT2D eigenvalue weighted by Crippen LogP contribution is 2.35. The van der Waals surface area contributed by atoms with Gasteiger partial charge in [-0.05, 0) is 24.1 Å². The number of halogens is 3. The summed E-state index contributed by atoms with van der Waals surface area (Å²) in [4.78, 5) is 8.14. The summed E-state index contributed by atoms with van der Waals surface area (Å²) in [7, 11) is 0. The van der Waals surface area contributed by atoms with E-state index in [1.165, 1.54) is 24.5 Å². The summed E-state index contributed by atoms with van der Waals surface area (Å²) in [5, 5.41) is 0.809. The van der Waals surface area contributed by atoms with Gasteiger partial charge in [0.1, 0.15) is 17.3 Å². The van der Waals surface area contributed by atoms with Crippen LogP contribution in [0.2, 0.25) is 10.2 Å². The van der Waals surface area contributed by atoms with E-state index < -0.39 is 0 Å². The Morgan fingerprint density at radius 3 is 2.56 bits per heavy atom. The van der Waals surface area contributed by atoms with Gasteiger partial charge in [-0.1, -0.05) is 37.0 Å². The SMILES string of the molecule is CC(C)c1c(Cl)ncnc1-c1cc(F)ccc1Cl. The molecule has 0 aliphatic carbocycles. The summed E-state index contributed by atoms with van der Waals surface area (Å²) >= 11 is 12.2. The fourth-order valence-electron chi connectivity index (χ4n) is 1.78. The van der Waals surface area contributed by atoms with Crippen molar-refractivity contribution in [1.29, 1.82) is 0 Å². The molecule has 0 unspecified atom stereocenters. The quantitative estimate of drug-likeness (QED) is 0.746. The Balaban J connectivity index is 2.71. The van der Waals surface area contributed by atoms with Crippen LogP contribution in [0.25, 0.3) is 11.3 Å². The number of benzene rings is 1. The van der Waals surface area contributed by atoms with Crippen LogP contribution in [0.5, 0.6) is 0 Å². The highest BCUT2D eigenvalue weighted by Gasteiger charge is 2.17. The van der Waals surface area contributed by atoms with E-state index >= 15 is 0 Å². The van der Waals surface area contributed by atoms with E-state index in [1.807, 2.05) is 13.8 Å². The maximum atomic E-state index is 13.3. The van der Waals surface area contributed by atoms with Crippen molar-refractivity contribution in [3.8, 4) is 11.3 Å². The van der Waals surface area contributed by atoms with E-state index in [0.29, 0.717) is 21.4 Å². The topological polar surface area (TPSA) is 25.8 Å². The Kier molecular flexibility index (Phi) is 3.83. The van der Waals surface area contributed by atoms with E-state index in [1.54, 1.807) is 0 Å². The molecule has 0 atom stereocenters. The Labute approximate surface area is 115 Å². The van der Waals surface area contributed by atoms with Crippen molar-refractivity contribution in [2.75, 3.05) is 0 Å². The van der Waals surface area contributed by atoms with Gasteiger partial charge in [-0.25, -0.2) is 14.4 Å². The number of rotatable bonds is 2. The minimum atomic E-state index is -0.362. The van der Waals surface area contributed by atoms with Crippen molar-refractivity contribution >= 4 is 23.2 Å². The molecule has 0 radical (unpaired) electrons. The molecule has 94 valence electrons. The molecule has 2 nitrogen and oxygen atoms in total. The average Bonchev–Trinajstić information content (AvgIpc) is 2.31. The molecule has 2 rings (SSSR count). The molecule has 1 heterocycles. The largest absolute Gasteiger partial charge is 0.236 e. The molecule has 0 saturated heterocycles. The van der Waals surface area contributed by atoms with Crippen LogP contribution in [0.4, 0.5) is 4.39 Å². The fourth-order valence-corrected chi connectivity index (χ4v) is 2.34. The van der Waals surface area contributed by atoms with Gasteiger partial charge in [0, 0.05) is 11.1 Å². The average molecular weight is 285 g/mol. The van der Waals surface area contributed by atoms with E-state index in [0.717, 1.165) is 5.56 Å². The number of nitrogens with zero attached hydrogens (tertiary/aromatic N) is 2. The molecule has 0 aliphatic rings. The molecule has 1 aromatic carbocycles. The molecular weight excluding hydrogens is 274 g/mol. The first kappa shape index (κ1) is 13.2. The second kappa shape index (κ2) is 5.21. The van der Waals surface area contributed by atoms with Crippen LogP contribution in [-0.2, 0) is 0 Å². The molecule has 0 saturated carbocycles. The third-order valence-electron chi connectivity index (χ3n) is 2.60. The predicted molar refractivity (Wildman–Crippen MR) is 71.5 cm³/mol. The summed E-state index contributed by atoms with van der Waals surface area (Å²) in [6.07, 6.45) is 1.35. The van der Waals surface area contributed by atoms with E-state index in [2.05, 4.69) is 9.97 Å². The summed E-state index contributed by atoms with van der Waals surface area (Å²) in [5.74, 6) is -0.244. The zero-order valence-electron chi connectivity index (χ0n) is 9.92. The van der Waals surface area contributed by atoms with Gasteiger partial charge in [0.15, 0.2) is 0 Å². The highest BCUT2D eigenvalue weighted by atomic mass is 35.5.